The van der Waals surface area contributed by atoms with E-state index in [0.29, 0.717) is 18.6 Å². The van der Waals surface area contributed by atoms with E-state index in [1.54, 1.807) is 20.8 Å². The number of hydrogen-bond donors (Lipinski definition) is 0. The van der Waals surface area contributed by atoms with Gasteiger partial charge in [-0.25, -0.2) is 4.57 Å². The minimum Gasteiger partial charge on any atom is -0.403 e. The van der Waals surface area contributed by atoms with E-state index in [1.807, 2.05) is 18.2 Å². The van der Waals surface area contributed by atoms with Crippen molar-refractivity contribution in [3.63, 3.8) is 0 Å². The summed E-state index contributed by atoms with van der Waals surface area (Å²) in [5, 5.41) is 0. The predicted molar refractivity (Wildman–Crippen MR) is 74.7 cm³/mol. The second kappa shape index (κ2) is 6.08. The largest absolute Gasteiger partial charge is 0.530 e. The molecule has 6 heteroatoms. The Kier molecular flexibility index (Phi) is 4.63. The topological polar surface area (TPSA) is 61.8 Å². The lowest BCUT2D eigenvalue weighted by molar-refractivity contribution is -0.116. The summed E-state index contributed by atoms with van der Waals surface area (Å²) >= 11 is 0. The number of phosphoric acid groups is 1. The summed E-state index contributed by atoms with van der Waals surface area (Å²) in [6, 6.07) is 5.60. The van der Waals surface area contributed by atoms with Crippen LogP contribution in [0.4, 0.5) is 0 Å². The van der Waals surface area contributed by atoms with Crippen molar-refractivity contribution >= 4 is 13.6 Å². The first kappa shape index (κ1) is 15.2. The number of ketones is 1. The molecule has 1 aromatic carbocycles. The van der Waals surface area contributed by atoms with Crippen molar-refractivity contribution in [3.8, 4) is 5.75 Å². The van der Waals surface area contributed by atoms with Gasteiger partial charge in [-0.3, -0.25) is 9.05 Å². The Morgan fingerprint density at radius 1 is 1.45 bits per heavy atom. The van der Waals surface area contributed by atoms with Gasteiger partial charge in [0.15, 0.2) is 0 Å². The highest BCUT2D eigenvalue weighted by atomic mass is 31.2. The molecule has 0 aliphatic carbocycles. The number of aryl methyl sites for hydroxylation is 1. The molecule has 0 N–H and O–H groups in total. The Hall–Kier alpha value is -1.16. The highest BCUT2D eigenvalue weighted by Gasteiger charge is 2.36. The molecule has 1 atom stereocenters. The van der Waals surface area contributed by atoms with E-state index in [1.165, 1.54) is 0 Å². The Morgan fingerprint density at radius 2 is 2.20 bits per heavy atom. The van der Waals surface area contributed by atoms with Crippen LogP contribution in [0.1, 0.15) is 38.3 Å². The van der Waals surface area contributed by atoms with Crippen LogP contribution in [0.5, 0.6) is 5.75 Å². The van der Waals surface area contributed by atoms with Gasteiger partial charge in [-0.05, 0) is 32.8 Å². The number of carbonyl (C=O) groups is 1. The maximum absolute atomic E-state index is 12.4. The standard InChI is InChI=1S/C14H19O5P/c1-10(2)18-20(16)17-9-13-6-4-5-12(14(13)19-20)8-7-11(3)15/h4-6,10H,7-9H2,1-3H3. The van der Waals surface area contributed by atoms with Crippen molar-refractivity contribution in [3.05, 3.63) is 29.3 Å². The molecule has 0 aromatic heterocycles. The molecule has 0 amide bonds. The van der Waals surface area contributed by atoms with E-state index < -0.39 is 7.82 Å². The summed E-state index contributed by atoms with van der Waals surface area (Å²) in [6.07, 6.45) is 0.725. The number of benzene rings is 1. The minimum absolute atomic E-state index is 0.108. The molecule has 1 aliphatic rings. The van der Waals surface area contributed by atoms with Crippen molar-refractivity contribution < 1.29 is 22.9 Å². The van der Waals surface area contributed by atoms with Gasteiger partial charge in [0.25, 0.3) is 0 Å². The second-order valence-corrected chi connectivity index (χ2v) is 6.62. The highest BCUT2D eigenvalue weighted by Crippen LogP contribution is 2.56. The van der Waals surface area contributed by atoms with E-state index >= 15 is 0 Å². The predicted octanol–water partition coefficient (Wildman–Crippen LogP) is 3.65. The molecule has 0 fully saturated rings. The normalized spacial score (nSPS) is 21.4. The average Bonchev–Trinajstić information content (AvgIpc) is 2.34. The molecule has 1 unspecified atom stereocenters. The zero-order valence-electron chi connectivity index (χ0n) is 11.9. The van der Waals surface area contributed by atoms with Crippen LogP contribution < -0.4 is 4.52 Å². The van der Waals surface area contributed by atoms with Gasteiger partial charge >= 0.3 is 7.82 Å². The van der Waals surface area contributed by atoms with Crippen LogP contribution in [-0.4, -0.2) is 11.9 Å². The maximum Gasteiger partial charge on any atom is 0.530 e. The van der Waals surface area contributed by atoms with E-state index in [4.69, 9.17) is 13.6 Å². The highest BCUT2D eigenvalue weighted by molar-refractivity contribution is 7.49. The van der Waals surface area contributed by atoms with Crippen LogP contribution in [0.3, 0.4) is 0 Å². The van der Waals surface area contributed by atoms with Crippen LogP contribution in [0.25, 0.3) is 0 Å². The van der Waals surface area contributed by atoms with Gasteiger partial charge < -0.3 is 9.32 Å². The van der Waals surface area contributed by atoms with Crippen LogP contribution >= 0.6 is 7.82 Å². The SMILES string of the molecule is CC(=O)CCc1cccc2c1OP(=O)(OC(C)C)OC2. The molecule has 110 valence electrons. The third kappa shape index (κ3) is 3.69. The average molecular weight is 298 g/mol. The molecule has 20 heavy (non-hydrogen) atoms. The van der Waals surface area contributed by atoms with Gasteiger partial charge in [0, 0.05) is 12.0 Å². The monoisotopic (exact) mass is 298 g/mol. The van der Waals surface area contributed by atoms with Gasteiger partial charge in [-0.1, -0.05) is 18.2 Å². The van der Waals surface area contributed by atoms with E-state index in [2.05, 4.69) is 0 Å². The lowest BCUT2D eigenvalue weighted by atomic mass is 10.0. The Bertz CT molecular complexity index is 552. The number of hydrogen-bond acceptors (Lipinski definition) is 5. The smallest absolute Gasteiger partial charge is 0.403 e. The molecular weight excluding hydrogens is 279 g/mol. The van der Waals surface area contributed by atoms with Crippen LogP contribution in [0.15, 0.2) is 18.2 Å². The second-order valence-electron chi connectivity index (χ2n) is 5.07. The number of para-hydroxylation sites is 1. The van der Waals surface area contributed by atoms with Crippen LogP contribution in [0, 0.1) is 0 Å². The maximum atomic E-state index is 12.4. The van der Waals surface area contributed by atoms with Crippen molar-refractivity contribution in [2.45, 2.75) is 46.3 Å². The summed E-state index contributed by atoms with van der Waals surface area (Å²) < 4.78 is 28.3. The van der Waals surface area contributed by atoms with Crippen molar-refractivity contribution in [1.29, 1.82) is 0 Å². The molecule has 0 saturated heterocycles. The molecule has 2 rings (SSSR count). The zero-order chi connectivity index (χ0) is 14.8. The van der Waals surface area contributed by atoms with Crippen LogP contribution in [0.2, 0.25) is 0 Å². The number of phosphoric ester groups is 1. The molecule has 1 heterocycles. The summed E-state index contributed by atoms with van der Waals surface area (Å²) in [5.41, 5.74) is 1.68. The molecule has 0 bridgehead atoms. The van der Waals surface area contributed by atoms with E-state index in [0.717, 1.165) is 11.1 Å². The fourth-order valence-corrected chi connectivity index (χ4v) is 3.40. The lowest BCUT2D eigenvalue weighted by Gasteiger charge is -2.27. The minimum atomic E-state index is -3.56. The lowest BCUT2D eigenvalue weighted by Crippen LogP contribution is -2.14. The summed E-state index contributed by atoms with van der Waals surface area (Å²) in [4.78, 5) is 11.1. The van der Waals surface area contributed by atoms with E-state index in [-0.39, 0.29) is 18.5 Å². The molecule has 0 spiro atoms. The fraction of sp³-hybridized carbons (Fsp3) is 0.500. The molecule has 0 saturated carbocycles. The summed E-state index contributed by atoms with van der Waals surface area (Å²) in [6.45, 7) is 5.27. The molecule has 1 aromatic rings. The summed E-state index contributed by atoms with van der Waals surface area (Å²) in [5.74, 6) is 0.639. The van der Waals surface area contributed by atoms with E-state index in [9.17, 15) is 9.36 Å². The number of Topliss-reactive ketones (excluding diaryl/α,β-unsaturated/α-hetero) is 1. The fourth-order valence-electron chi connectivity index (χ4n) is 1.97. The van der Waals surface area contributed by atoms with Crippen LogP contribution in [-0.2, 0) is 31.4 Å². The molecule has 1 aliphatic heterocycles. The quantitative estimate of drug-likeness (QED) is 0.776. The third-order valence-corrected chi connectivity index (χ3v) is 4.38. The zero-order valence-corrected chi connectivity index (χ0v) is 12.8. The molecule has 0 radical (unpaired) electrons. The first-order chi connectivity index (χ1) is 9.39. The van der Waals surface area contributed by atoms with Gasteiger partial charge in [-0.15, -0.1) is 0 Å². The van der Waals surface area contributed by atoms with Gasteiger partial charge in [0.2, 0.25) is 0 Å². The number of carbonyl (C=O) groups excluding carboxylic acids is 1. The Balaban J connectivity index is 2.24. The number of rotatable bonds is 5. The third-order valence-electron chi connectivity index (χ3n) is 2.85. The van der Waals surface area contributed by atoms with Crippen molar-refractivity contribution in [2.24, 2.45) is 0 Å². The first-order valence-corrected chi connectivity index (χ1v) is 8.08. The van der Waals surface area contributed by atoms with Gasteiger partial charge in [-0.2, -0.15) is 0 Å². The Morgan fingerprint density at radius 3 is 2.85 bits per heavy atom. The Labute approximate surface area is 118 Å². The van der Waals surface area contributed by atoms with Gasteiger partial charge in [0.05, 0.1) is 12.7 Å². The van der Waals surface area contributed by atoms with Crippen molar-refractivity contribution in [1.82, 2.24) is 0 Å². The molecular formula is C14H19O5P. The molecule has 5 nitrogen and oxygen atoms in total. The van der Waals surface area contributed by atoms with Gasteiger partial charge in [0.1, 0.15) is 11.5 Å². The summed E-state index contributed by atoms with van der Waals surface area (Å²) in [7, 11) is -3.56. The number of fused-ring (bicyclic) bond motifs is 1. The van der Waals surface area contributed by atoms with Crippen molar-refractivity contribution in [2.75, 3.05) is 0 Å². The first-order valence-electron chi connectivity index (χ1n) is 6.62.